The Kier molecular flexibility index (Phi) is 3.80. The summed E-state index contributed by atoms with van der Waals surface area (Å²) in [4.78, 5) is 48.9. The molecular formula is C14H11ClN4O5. The Balaban J connectivity index is 2.05. The number of nitrogens with zero attached hydrogens (tertiary/aromatic N) is 4. The van der Waals surface area contributed by atoms with Crippen LogP contribution in [0.5, 0.6) is 0 Å². The number of anilines is 1. The van der Waals surface area contributed by atoms with E-state index in [4.69, 9.17) is 11.6 Å². The van der Waals surface area contributed by atoms with Crippen LogP contribution in [0.25, 0.3) is 0 Å². The largest absolute Gasteiger partial charge is 0.464 e. The zero-order chi connectivity index (χ0) is 17.6. The van der Waals surface area contributed by atoms with Crippen molar-refractivity contribution in [2.45, 2.75) is 13.0 Å². The first-order valence-electron chi connectivity index (χ1n) is 6.84. The van der Waals surface area contributed by atoms with Crippen molar-refractivity contribution < 1.29 is 19.1 Å². The van der Waals surface area contributed by atoms with E-state index in [0.29, 0.717) is 10.1 Å². The molecule has 1 saturated heterocycles. The molecule has 1 aromatic carbocycles. The van der Waals surface area contributed by atoms with Crippen LogP contribution in [0.4, 0.5) is 5.69 Å². The molecule has 2 atom stereocenters. The number of imide groups is 1. The first-order valence-corrected chi connectivity index (χ1v) is 7.21. The Morgan fingerprint density at radius 2 is 2.04 bits per heavy atom. The third-order valence-corrected chi connectivity index (χ3v) is 4.33. The molecule has 0 bridgehead atoms. The van der Waals surface area contributed by atoms with Gasteiger partial charge in [-0.2, -0.15) is 0 Å². The van der Waals surface area contributed by atoms with Crippen LogP contribution in [0.3, 0.4) is 0 Å². The van der Waals surface area contributed by atoms with Crippen LogP contribution in [-0.4, -0.2) is 41.8 Å². The zero-order valence-electron chi connectivity index (χ0n) is 12.6. The first kappa shape index (κ1) is 16.1. The number of hydrogen-bond acceptors (Lipinski definition) is 7. The highest BCUT2D eigenvalue weighted by Crippen LogP contribution is 2.36. The van der Waals surface area contributed by atoms with Crippen molar-refractivity contribution >= 4 is 40.8 Å². The van der Waals surface area contributed by atoms with Gasteiger partial charge in [-0.15, -0.1) is 15.1 Å². The van der Waals surface area contributed by atoms with Crippen molar-refractivity contribution in [1.82, 2.24) is 5.12 Å². The van der Waals surface area contributed by atoms with Crippen molar-refractivity contribution in [1.29, 1.82) is 0 Å². The molecule has 0 saturated carbocycles. The molecule has 0 spiro atoms. The highest BCUT2D eigenvalue weighted by Gasteiger charge is 2.59. The van der Waals surface area contributed by atoms with Gasteiger partial charge < -0.3 is 4.74 Å². The number of hydrazone groups is 1. The summed E-state index contributed by atoms with van der Waals surface area (Å²) >= 11 is 6.04. The smallest absolute Gasteiger partial charge is 0.355 e. The van der Waals surface area contributed by atoms with Crippen LogP contribution < -0.4 is 4.90 Å². The molecule has 1 fully saturated rings. The Labute approximate surface area is 140 Å². The van der Waals surface area contributed by atoms with Crippen LogP contribution in [0, 0.1) is 17.7 Å². The average Bonchev–Trinajstić information content (AvgIpc) is 3.07. The molecule has 2 aliphatic heterocycles. The molecule has 0 radical (unpaired) electrons. The van der Waals surface area contributed by atoms with Gasteiger partial charge in [-0.3, -0.25) is 9.59 Å². The molecule has 0 aromatic heterocycles. The van der Waals surface area contributed by atoms with Gasteiger partial charge in [0.2, 0.25) is 5.91 Å². The number of carbonyl (C=O) groups is 3. The number of aryl methyl sites for hydroxylation is 1. The third-order valence-electron chi connectivity index (χ3n) is 3.92. The molecule has 24 heavy (non-hydrogen) atoms. The Bertz CT molecular complexity index is 808. The molecule has 3 rings (SSSR count). The van der Waals surface area contributed by atoms with Gasteiger partial charge in [-0.1, -0.05) is 17.7 Å². The van der Waals surface area contributed by atoms with Crippen LogP contribution >= 0.6 is 11.6 Å². The van der Waals surface area contributed by atoms with Crippen molar-refractivity contribution in [2.75, 3.05) is 12.0 Å². The second kappa shape index (κ2) is 5.68. The van der Waals surface area contributed by atoms with Gasteiger partial charge in [0.1, 0.15) is 5.92 Å². The van der Waals surface area contributed by atoms with Gasteiger partial charge >= 0.3 is 5.97 Å². The van der Waals surface area contributed by atoms with E-state index in [2.05, 4.69) is 15.1 Å². The first-order chi connectivity index (χ1) is 11.4. The summed E-state index contributed by atoms with van der Waals surface area (Å²) in [6.07, 6.45) is 0. The third kappa shape index (κ3) is 2.16. The predicted octanol–water partition coefficient (Wildman–Crippen LogP) is 1.03. The fourth-order valence-electron chi connectivity index (χ4n) is 2.71. The van der Waals surface area contributed by atoms with Gasteiger partial charge in [0, 0.05) is 5.02 Å². The Hall–Kier alpha value is -2.81. The average molecular weight is 351 g/mol. The van der Waals surface area contributed by atoms with E-state index in [1.807, 2.05) is 0 Å². The van der Waals surface area contributed by atoms with E-state index in [1.54, 1.807) is 19.1 Å². The second-order valence-electron chi connectivity index (χ2n) is 5.25. The number of benzene rings is 1. The quantitative estimate of drug-likeness (QED) is 0.457. The van der Waals surface area contributed by atoms with E-state index in [0.717, 1.165) is 17.6 Å². The van der Waals surface area contributed by atoms with E-state index in [-0.39, 0.29) is 11.4 Å². The number of hydrogen-bond donors (Lipinski definition) is 0. The second-order valence-corrected chi connectivity index (χ2v) is 5.65. The standard InChI is InChI=1S/C14H11ClN4O5/c1-6-3-4-7(5-8(6)15)18-12(20)9-10(14(22)24-2)16-19(17-23)11(9)13(18)21/h3-5,9,11H,1-2H3/t9-,11+/m0/s1. The predicted molar refractivity (Wildman–Crippen MR) is 83.0 cm³/mol. The van der Waals surface area contributed by atoms with Gasteiger partial charge in [0.25, 0.3) is 5.91 Å². The molecule has 0 aliphatic carbocycles. The minimum atomic E-state index is -1.30. The molecule has 2 heterocycles. The summed E-state index contributed by atoms with van der Waals surface area (Å²) in [7, 11) is 1.11. The Morgan fingerprint density at radius 3 is 2.62 bits per heavy atom. The number of methoxy groups -OCH3 is 1. The normalized spacial score (nSPS) is 22.5. The maximum Gasteiger partial charge on any atom is 0.355 e. The number of carbonyl (C=O) groups excluding carboxylic acids is 3. The van der Waals surface area contributed by atoms with Crippen LogP contribution in [0.1, 0.15) is 5.56 Å². The lowest BCUT2D eigenvalue weighted by Crippen LogP contribution is -2.36. The van der Waals surface area contributed by atoms with Crippen LogP contribution in [0.15, 0.2) is 28.6 Å². The fourth-order valence-corrected chi connectivity index (χ4v) is 2.88. The molecule has 10 heteroatoms. The summed E-state index contributed by atoms with van der Waals surface area (Å²) in [5.41, 5.74) is 0.680. The number of amides is 2. The maximum atomic E-state index is 12.7. The molecule has 0 unspecified atom stereocenters. The zero-order valence-corrected chi connectivity index (χ0v) is 13.4. The highest BCUT2D eigenvalue weighted by atomic mass is 35.5. The molecule has 2 aliphatic rings. The lowest BCUT2D eigenvalue weighted by atomic mass is 9.98. The molecular weight excluding hydrogens is 340 g/mol. The highest BCUT2D eigenvalue weighted by molar-refractivity contribution is 6.46. The molecule has 1 aromatic rings. The summed E-state index contributed by atoms with van der Waals surface area (Å²) in [6, 6.07) is 3.36. The van der Waals surface area contributed by atoms with Crippen LogP contribution in [-0.2, 0) is 19.1 Å². The molecule has 9 nitrogen and oxygen atoms in total. The van der Waals surface area contributed by atoms with Gasteiger partial charge in [0.15, 0.2) is 11.8 Å². The monoisotopic (exact) mass is 350 g/mol. The van der Waals surface area contributed by atoms with Crippen molar-refractivity contribution in [3.8, 4) is 0 Å². The summed E-state index contributed by atoms with van der Waals surface area (Å²) in [5.74, 6) is -3.56. The Morgan fingerprint density at radius 1 is 1.33 bits per heavy atom. The van der Waals surface area contributed by atoms with E-state index < -0.39 is 29.7 Å². The molecule has 124 valence electrons. The summed E-state index contributed by atoms with van der Waals surface area (Å²) in [5, 5.41) is 7.12. The molecule has 0 N–H and O–H groups in total. The number of halogens is 1. The summed E-state index contributed by atoms with van der Waals surface area (Å²) in [6.45, 7) is 1.77. The lowest BCUT2D eigenvalue weighted by molar-refractivity contribution is -0.133. The number of fused-ring (bicyclic) bond motifs is 1. The van der Waals surface area contributed by atoms with E-state index >= 15 is 0 Å². The lowest BCUT2D eigenvalue weighted by Gasteiger charge is -2.17. The number of ether oxygens (including phenoxy) is 1. The van der Waals surface area contributed by atoms with Crippen LogP contribution in [0.2, 0.25) is 5.02 Å². The number of esters is 1. The van der Waals surface area contributed by atoms with Gasteiger partial charge in [-0.25, -0.2) is 9.69 Å². The topological polar surface area (TPSA) is 109 Å². The van der Waals surface area contributed by atoms with E-state index in [1.165, 1.54) is 6.07 Å². The van der Waals surface area contributed by atoms with Crippen molar-refractivity contribution in [3.05, 3.63) is 33.7 Å². The van der Waals surface area contributed by atoms with Gasteiger partial charge in [-0.05, 0) is 24.6 Å². The minimum Gasteiger partial charge on any atom is -0.464 e. The number of rotatable bonds is 3. The van der Waals surface area contributed by atoms with Crippen molar-refractivity contribution in [3.63, 3.8) is 0 Å². The maximum absolute atomic E-state index is 12.7. The van der Waals surface area contributed by atoms with Crippen molar-refractivity contribution in [2.24, 2.45) is 16.3 Å². The SMILES string of the molecule is COC(=O)C1=NN(N=O)[C@H]2C(=O)N(c3ccc(C)c(Cl)c3)C(=O)[C@@H]12. The summed E-state index contributed by atoms with van der Waals surface area (Å²) < 4.78 is 4.55. The molecule has 2 amide bonds. The fraction of sp³-hybridized carbons (Fsp3) is 0.286. The van der Waals surface area contributed by atoms with E-state index in [9.17, 15) is 19.3 Å². The van der Waals surface area contributed by atoms with Gasteiger partial charge in [0.05, 0.1) is 18.1 Å². The minimum absolute atomic E-state index is 0.241. The number of nitroso groups, excluding NO2 is 1.